The van der Waals surface area contributed by atoms with E-state index in [1.165, 1.54) is 6.92 Å². The van der Waals surface area contributed by atoms with E-state index in [4.69, 9.17) is 15.6 Å². The fourth-order valence-electron chi connectivity index (χ4n) is 1.15. The number of carbonyl (C=O) groups excluding carboxylic acids is 1. The maximum Gasteiger partial charge on any atom is 0.258 e. The smallest absolute Gasteiger partial charge is 0.258 e. The van der Waals surface area contributed by atoms with Crippen molar-refractivity contribution in [1.29, 1.82) is 0 Å². The summed E-state index contributed by atoms with van der Waals surface area (Å²) >= 11 is 0. The van der Waals surface area contributed by atoms with Gasteiger partial charge in [-0.05, 0) is 19.1 Å². The standard InChI is InChI=1S/C12H18N2O4/c1-12(17,8-15)7-14-11(16)6-18-10-5-3-2-4-9(10)13/h2-5,15,17H,6-8,13H2,1H3,(H,14,16). The number of benzene rings is 1. The molecule has 0 saturated heterocycles. The summed E-state index contributed by atoms with van der Waals surface area (Å²) in [5.41, 5.74) is 4.76. The van der Waals surface area contributed by atoms with Crippen molar-refractivity contribution >= 4 is 11.6 Å². The highest BCUT2D eigenvalue weighted by molar-refractivity contribution is 5.77. The van der Waals surface area contributed by atoms with E-state index in [0.29, 0.717) is 11.4 Å². The first-order valence-corrected chi connectivity index (χ1v) is 5.52. The highest BCUT2D eigenvalue weighted by Gasteiger charge is 2.19. The molecule has 0 saturated carbocycles. The lowest BCUT2D eigenvalue weighted by atomic mass is 10.1. The molecule has 100 valence electrons. The quantitative estimate of drug-likeness (QED) is 0.513. The molecular weight excluding hydrogens is 236 g/mol. The average molecular weight is 254 g/mol. The fourth-order valence-corrected chi connectivity index (χ4v) is 1.15. The Balaban J connectivity index is 2.36. The molecule has 0 aromatic heterocycles. The minimum atomic E-state index is -1.33. The first kappa shape index (κ1) is 14.3. The molecule has 1 amide bonds. The van der Waals surface area contributed by atoms with E-state index < -0.39 is 18.1 Å². The molecule has 1 unspecified atom stereocenters. The van der Waals surface area contributed by atoms with Crippen molar-refractivity contribution < 1.29 is 19.7 Å². The van der Waals surface area contributed by atoms with Crippen LogP contribution in [0.3, 0.4) is 0 Å². The molecule has 0 radical (unpaired) electrons. The topological polar surface area (TPSA) is 105 Å². The molecule has 0 aliphatic carbocycles. The number of nitrogens with one attached hydrogen (secondary N) is 1. The second-order valence-corrected chi connectivity index (χ2v) is 4.26. The second kappa shape index (κ2) is 6.23. The molecule has 6 heteroatoms. The van der Waals surface area contributed by atoms with Gasteiger partial charge in [-0.15, -0.1) is 0 Å². The first-order valence-electron chi connectivity index (χ1n) is 5.52. The van der Waals surface area contributed by atoms with Crippen LogP contribution in [0.15, 0.2) is 24.3 Å². The number of ether oxygens (including phenoxy) is 1. The molecule has 1 atom stereocenters. The lowest BCUT2D eigenvalue weighted by Crippen LogP contribution is -2.44. The van der Waals surface area contributed by atoms with Crippen molar-refractivity contribution in [2.75, 3.05) is 25.5 Å². The number of para-hydroxylation sites is 2. The lowest BCUT2D eigenvalue weighted by molar-refractivity contribution is -0.124. The van der Waals surface area contributed by atoms with Gasteiger partial charge in [0, 0.05) is 6.54 Å². The zero-order valence-electron chi connectivity index (χ0n) is 10.2. The van der Waals surface area contributed by atoms with Crippen molar-refractivity contribution in [2.45, 2.75) is 12.5 Å². The Kier molecular flexibility index (Phi) is 4.94. The van der Waals surface area contributed by atoms with Crippen LogP contribution in [0.4, 0.5) is 5.69 Å². The van der Waals surface area contributed by atoms with E-state index in [0.717, 1.165) is 0 Å². The van der Waals surface area contributed by atoms with Crippen molar-refractivity contribution in [3.63, 3.8) is 0 Å². The van der Waals surface area contributed by atoms with Crippen molar-refractivity contribution in [2.24, 2.45) is 0 Å². The zero-order chi connectivity index (χ0) is 13.6. The normalized spacial score (nSPS) is 13.7. The van der Waals surface area contributed by atoms with Gasteiger partial charge in [-0.3, -0.25) is 4.79 Å². The van der Waals surface area contributed by atoms with Gasteiger partial charge in [0.15, 0.2) is 6.61 Å². The predicted octanol–water partition coefficient (Wildman–Crippen LogP) is -0.493. The van der Waals surface area contributed by atoms with Crippen LogP contribution in [0.1, 0.15) is 6.92 Å². The Morgan fingerprint density at radius 3 is 2.78 bits per heavy atom. The van der Waals surface area contributed by atoms with Gasteiger partial charge < -0.3 is 26.0 Å². The van der Waals surface area contributed by atoms with Crippen LogP contribution in [-0.4, -0.2) is 41.5 Å². The molecule has 0 fully saturated rings. The van der Waals surface area contributed by atoms with Crippen LogP contribution in [0.25, 0.3) is 0 Å². The monoisotopic (exact) mass is 254 g/mol. The maximum absolute atomic E-state index is 11.4. The molecule has 0 aliphatic rings. The predicted molar refractivity (Wildman–Crippen MR) is 67.1 cm³/mol. The SMILES string of the molecule is CC(O)(CO)CNC(=O)COc1ccccc1N. The molecule has 5 N–H and O–H groups in total. The summed E-state index contributed by atoms with van der Waals surface area (Å²) in [5, 5.41) is 20.7. The van der Waals surface area contributed by atoms with Gasteiger partial charge in [0.25, 0.3) is 5.91 Å². The van der Waals surface area contributed by atoms with Crippen molar-refractivity contribution in [3.8, 4) is 5.75 Å². The van der Waals surface area contributed by atoms with E-state index >= 15 is 0 Å². The molecule has 0 aliphatic heterocycles. The number of rotatable bonds is 6. The van der Waals surface area contributed by atoms with Gasteiger partial charge >= 0.3 is 0 Å². The molecule has 18 heavy (non-hydrogen) atoms. The minimum Gasteiger partial charge on any atom is -0.482 e. The number of hydrogen-bond acceptors (Lipinski definition) is 5. The van der Waals surface area contributed by atoms with E-state index in [2.05, 4.69) is 5.32 Å². The summed E-state index contributed by atoms with van der Waals surface area (Å²) in [6, 6.07) is 6.84. The summed E-state index contributed by atoms with van der Waals surface area (Å²) in [5.74, 6) is 0.0357. The molecule has 6 nitrogen and oxygen atoms in total. The molecule has 1 aromatic carbocycles. The highest BCUT2D eigenvalue weighted by Crippen LogP contribution is 2.19. The average Bonchev–Trinajstić information content (AvgIpc) is 2.35. The maximum atomic E-state index is 11.4. The number of nitrogens with two attached hydrogens (primary N) is 1. The molecular formula is C12H18N2O4. The number of anilines is 1. The lowest BCUT2D eigenvalue weighted by Gasteiger charge is -2.20. The minimum absolute atomic E-state index is 0.0457. The largest absolute Gasteiger partial charge is 0.482 e. The second-order valence-electron chi connectivity index (χ2n) is 4.26. The third-order valence-corrected chi connectivity index (χ3v) is 2.28. The summed E-state index contributed by atoms with van der Waals surface area (Å²) in [6.07, 6.45) is 0. The number of hydrogen-bond donors (Lipinski definition) is 4. The van der Waals surface area contributed by atoms with Gasteiger partial charge in [-0.25, -0.2) is 0 Å². The number of nitrogen functional groups attached to an aromatic ring is 1. The Bertz CT molecular complexity index is 407. The van der Waals surface area contributed by atoms with E-state index in [-0.39, 0.29) is 13.2 Å². The van der Waals surface area contributed by atoms with Gasteiger partial charge in [0.1, 0.15) is 11.4 Å². The van der Waals surface area contributed by atoms with Crippen LogP contribution in [0, 0.1) is 0 Å². The number of carbonyl (C=O) groups is 1. The van der Waals surface area contributed by atoms with Gasteiger partial charge in [-0.2, -0.15) is 0 Å². The van der Waals surface area contributed by atoms with Crippen LogP contribution < -0.4 is 15.8 Å². The first-order chi connectivity index (χ1) is 8.44. The summed E-state index contributed by atoms with van der Waals surface area (Å²) in [4.78, 5) is 11.4. The van der Waals surface area contributed by atoms with Crippen molar-refractivity contribution in [3.05, 3.63) is 24.3 Å². The molecule has 0 heterocycles. The fraction of sp³-hybridized carbons (Fsp3) is 0.417. The van der Waals surface area contributed by atoms with Crippen LogP contribution in [-0.2, 0) is 4.79 Å². The Labute approximate surface area is 105 Å². The Morgan fingerprint density at radius 2 is 2.17 bits per heavy atom. The number of amides is 1. The van der Waals surface area contributed by atoms with Crippen LogP contribution >= 0.6 is 0 Å². The van der Waals surface area contributed by atoms with Crippen LogP contribution in [0.5, 0.6) is 5.75 Å². The number of aliphatic hydroxyl groups excluding tert-OH is 1. The van der Waals surface area contributed by atoms with E-state index in [1.807, 2.05) is 0 Å². The molecule has 0 bridgehead atoms. The third-order valence-electron chi connectivity index (χ3n) is 2.28. The van der Waals surface area contributed by atoms with Crippen molar-refractivity contribution in [1.82, 2.24) is 5.32 Å². The Hall–Kier alpha value is -1.79. The molecule has 0 spiro atoms. The zero-order valence-corrected chi connectivity index (χ0v) is 10.2. The summed E-state index contributed by atoms with van der Waals surface area (Å²) in [7, 11) is 0. The van der Waals surface area contributed by atoms with Gasteiger partial charge in [0.2, 0.25) is 0 Å². The van der Waals surface area contributed by atoms with Gasteiger partial charge in [0.05, 0.1) is 12.3 Å². The van der Waals surface area contributed by atoms with E-state index in [1.54, 1.807) is 24.3 Å². The summed E-state index contributed by atoms with van der Waals surface area (Å²) in [6.45, 7) is 0.745. The Morgan fingerprint density at radius 1 is 1.50 bits per heavy atom. The third kappa shape index (κ3) is 4.60. The van der Waals surface area contributed by atoms with Crippen LogP contribution in [0.2, 0.25) is 0 Å². The number of aliphatic hydroxyl groups is 2. The van der Waals surface area contributed by atoms with Gasteiger partial charge in [-0.1, -0.05) is 12.1 Å². The molecule has 1 aromatic rings. The highest BCUT2D eigenvalue weighted by atomic mass is 16.5. The van der Waals surface area contributed by atoms with E-state index in [9.17, 15) is 9.90 Å². The molecule has 1 rings (SSSR count). The summed E-state index contributed by atoms with van der Waals surface area (Å²) < 4.78 is 5.22.